The summed E-state index contributed by atoms with van der Waals surface area (Å²) in [6.07, 6.45) is 12.2. The molecule has 156 valence electrons. The molecule has 0 saturated heterocycles. The van der Waals surface area contributed by atoms with Gasteiger partial charge >= 0.3 is 0 Å². The van der Waals surface area contributed by atoms with E-state index in [1.165, 1.54) is 6.08 Å². The SMILES string of the molecule is O=COC(CNC(=O)C1CC1)CNC1=CCC=C(n2cc3cccnc3c2)C(F)=C1. The minimum absolute atomic E-state index is 0.0171. The molecule has 1 unspecified atom stereocenters. The number of allylic oxidation sites excluding steroid dienone is 5. The summed E-state index contributed by atoms with van der Waals surface area (Å²) in [4.78, 5) is 26.8. The topological polar surface area (TPSA) is 85.2 Å². The van der Waals surface area contributed by atoms with Gasteiger partial charge in [0.2, 0.25) is 5.91 Å². The van der Waals surface area contributed by atoms with Crippen LogP contribution in [0.2, 0.25) is 0 Å². The molecule has 2 N–H and O–H groups in total. The lowest BCUT2D eigenvalue weighted by molar-refractivity contribution is -0.134. The van der Waals surface area contributed by atoms with Crippen molar-refractivity contribution < 1.29 is 18.7 Å². The maximum absolute atomic E-state index is 14.9. The van der Waals surface area contributed by atoms with Crippen molar-refractivity contribution in [3.63, 3.8) is 0 Å². The van der Waals surface area contributed by atoms with Gasteiger partial charge in [-0.25, -0.2) is 4.39 Å². The van der Waals surface area contributed by atoms with E-state index < -0.39 is 6.10 Å². The van der Waals surface area contributed by atoms with Crippen molar-refractivity contribution in [3.8, 4) is 0 Å². The minimum atomic E-state index is -0.543. The molecule has 2 aliphatic carbocycles. The maximum Gasteiger partial charge on any atom is 0.293 e. The number of amides is 1. The Morgan fingerprint density at radius 3 is 2.97 bits per heavy atom. The second-order valence-electron chi connectivity index (χ2n) is 7.37. The zero-order valence-electron chi connectivity index (χ0n) is 16.4. The Kier molecular flexibility index (Phi) is 5.92. The van der Waals surface area contributed by atoms with E-state index in [1.807, 2.05) is 24.4 Å². The van der Waals surface area contributed by atoms with E-state index in [0.29, 0.717) is 24.3 Å². The van der Waals surface area contributed by atoms with Crippen LogP contribution in [-0.4, -0.2) is 41.1 Å². The van der Waals surface area contributed by atoms with Crippen LogP contribution in [0, 0.1) is 5.92 Å². The molecule has 1 saturated carbocycles. The number of pyridine rings is 1. The van der Waals surface area contributed by atoms with E-state index in [4.69, 9.17) is 4.74 Å². The molecule has 2 heterocycles. The van der Waals surface area contributed by atoms with E-state index in [-0.39, 0.29) is 30.7 Å². The number of aromatic nitrogens is 2. The van der Waals surface area contributed by atoms with Gasteiger partial charge in [0.05, 0.1) is 24.3 Å². The van der Waals surface area contributed by atoms with Crippen LogP contribution in [-0.2, 0) is 14.3 Å². The summed E-state index contributed by atoms with van der Waals surface area (Å²) in [6.45, 7) is 0.830. The summed E-state index contributed by atoms with van der Waals surface area (Å²) in [5.74, 6) is -0.320. The van der Waals surface area contributed by atoms with Crippen LogP contribution in [0.15, 0.2) is 60.5 Å². The van der Waals surface area contributed by atoms with Crippen LogP contribution in [0.25, 0.3) is 16.6 Å². The van der Waals surface area contributed by atoms with Crippen molar-refractivity contribution in [1.29, 1.82) is 0 Å². The molecular weight excluding hydrogens is 387 g/mol. The van der Waals surface area contributed by atoms with Crippen molar-refractivity contribution in [3.05, 3.63) is 60.5 Å². The maximum atomic E-state index is 14.9. The Morgan fingerprint density at radius 1 is 1.33 bits per heavy atom. The highest BCUT2D eigenvalue weighted by Gasteiger charge is 2.29. The van der Waals surface area contributed by atoms with E-state index in [2.05, 4.69) is 15.6 Å². The van der Waals surface area contributed by atoms with Gasteiger partial charge in [-0.2, -0.15) is 0 Å². The van der Waals surface area contributed by atoms with Crippen LogP contribution in [0.1, 0.15) is 19.3 Å². The Labute approximate surface area is 173 Å². The van der Waals surface area contributed by atoms with Crippen molar-refractivity contribution in [2.45, 2.75) is 25.4 Å². The predicted molar refractivity (Wildman–Crippen MR) is 111 cm³/mol. The van der Waals surface area contributed by atoms with Crippen LogP contribution in [0.3, 0.4) is 0 Å². The van der Waals surface area contributed by atoms with E-state index in [9.17, 15) is 14.0 Å². The number of nitrogens with one attached hydrogen (secondary N) is 2. The van der Waals surface area contributed by atoms with Crippen molar-refractivity contribution >= 4 is 29.0 Å². The zero-order chi connectivity index (χ0) is 20.9. The van der Waals surface area contributed by atoms with Crippen molar-refractivity contribution in [1.82, 2.24) is 20.2 Å². The van der Waals surface area contributed by atoms with Crippen molar-refractivity contribution in [2.75, 3.05) is 13.1 Å². The molecule has 1 fully saturated rings. The Bertz CT molecular complexity index is 1000. The average Bonchev–Trinajstić information content (AvgIpc) is 3.53. The lowest BCUT2D eigenvalue weighted by atomic mass is 10.3. The Hall–Kier alpha value is -3.42. The molecule has 2 aromatic heterocycles. The van der Waals surface area contributed by atoms with Crippen LogP contribution < -0.4 is 10.6 Å². The molecule has 1 atom stereocenters. The highest BCUT2D eigenvalue weighted by molar-refractivity contribution is 5.81. The third-order valence-electron chi connectivity index (χ3n) is 5.10. The number of halogens is 1. The number of nitrogens with zero attached hydrogens (tertiary/aromatic N) is 2. The number of hydrogen-bond acceptors (Lipinski definition) is 5. The van der Waals surface area contributed by atoms with Gasteiger partial charge in [0.15, 0.2) is 0 Å². The third-order valence-corrected chi connectivity index (χ3v) is 5.10. The predicted octanol–water partition coefficient (Wildman–Crippen LogP) is 2.68. The van der Waals surface area contributed by atoms with Gasteiger partial charge in [-0.3, -0.25) is 14.6 Å². The number of fused-ring (bicyclic) bond motifs is 1. The van der Waals surface area contributed by atoms with E-state index in [1.54, 1.807) is 23.0 Å². The van der Waals surface area contributed by atoms with Crippen LogP contribution in [0.4, 0.5) is 4.39 Å². The van der Waals surface area contributed by atoms with Gasteiger partial charge in [-0.1, -0.05) is 12.2 Å². The summed E-state index contributed by atoms with van der Waals surface area (Å²) in [5, 5.41) is 6.82. The van der Waals surface area contributed by atoms with Gasteiger partial charge in [0.25, 0.3) is 6.47 Å². The first kappa shape index (κ1) is 19.9. The van der Waals surface area contributed by atoms with Gasteiger partial charge in [0, 0.05) is 35.6 Å². The van der Waals surface area contributed by atoms with Crippen molar-refractivity contribution in [2.24, 2.45) is 5.92 Å². The third kappa shape index (κ3) is 4.76. The molecule has 7 nitrogen and oxygen atoms in total. The Morgan fingerprint density at radius 2 is 2.20 bits per heavy atom. The summed E-state index contributed by atoms with van der Waals surface area (Å²) in [7, 11) is 0. The number of ether oxygens (including phenoxy) is 1. The van der Waals surface area contributed by atoms with Gasteiger partial charge in [-0.15, -0.1) is 0 Å². The second-order valence-corrected chi connectivity index (χ2v) is 7.37. The van der Waals surface area contributed by atoms with Gasteiger partial charge in [-0.05, 0) is 37.5 Å². The molecule has 2 aliphatic rings. The molecular formula is C22H23FN4O3. The average molecular weight is 410 g/mol. The molecule has 30 heavy (non-hydrogen) atoms. The monoisotopic (exact) mass is 410 g/mol. The number of carbonyl (C=O) groups excluding carboxylic acids is 2. The molecule has 2 aromatic rings. The van der Waals surface area contributed by atoms with Crippen LogP contribution >= 0.6 is 0 Å². The highest BCUT2D eigenvalue weighted by Crippen LogP contribution is 2.28. The van der Waals surface area contributed by atoms with Gasteiger partial charge in [0.1, 0.15) is 11.9 Å². The highest BCUT2D eigenvalue weighted by atomic mass is 19.1. The fourth-order valence-corrected chi connectivity index (χ4v) is 3.30. The fourth-order valence-electron chi connectivity index (χ4n) is 3.30. The zero-order valence-corrected chi connectivity index (χ0v) is 16.4. The first-order valence-corrected chi connectivity index (χ1v) is 9.95. The van der Waals surface area contributed by atoms with Gasteiger partial charge < -0.3 is 19.9 Å². The molecule has 8 heteroatoms. The first-order valence-electron chi connectivity index (χ1n) is 9.95. The summed E-state index contributed by atoms with van der Waals surface area (Å²) < 4.78 is 21.7. The lowest BCUT2D eigenvalue weighted by Gasteiger charge is -2.17. The summed E-state index contributed by atoms with van der Waals surface area (Å²) in [6, 6.07) is 3.77. The molecule has 1 amide bonds. The van der Waals surface area contributed by atoms with E-state index >= 15 is 0 Å². The molecule has 0 radical (unpaired) electrons. The first-order chi connectivity index (χ1) is 14.6. The molecule has 0 spiro atoms. The smallest absolute Gasteiger partial charge is 0.293 e. The second kappa shape index (κ2) is 8.94. The fraction of sp³-hybridized carbons (Fsp3) is 0.318. The lowest BCUT2D eigenvalue weighted by Crippen LogP contribution is -2.40. The molecule has 0 aliphatic heterocycles. The quantitative estimate of drug-likeness (QED) is 0.621. The number of rotatable bonds is 9. The summed E-state index contributed by atoms with van der Waals surface area (Å²) >= 11 is 0. The standard InChI is InChI=1S/C22H23FN4O3/c23-19-9-17(25-10-18(30-14-28)11-26-22(29)15-6-7-15)4-1-5-21(19)27-12-16-3-2-8-24-20(16)13-27/h2-5,8-9,12-15,18,25H,1,6-7,10-11H2,(H,26,29). The van der Waals surface area contributed by atoms with Crippen LogP contribution in [0.5, 0.6) is 0 Å². The molecule has 0 bridgehead atoms. The summed E-state index contributed by atoms with van der Waals surface area (Å²) in [5.41, 5.74) is 1.82. The normalized spacial score (nSPS) is 17.3. The number of hydrogen-bond donors (Lipinski definition) is 2. The Balaban J connectivity index is 1.38. The number of carbonyl (C=O) groups is 2. The van der Waals surface area contributed by atoms with E-state index in [0.717, 1.165) is 23.7 Å². The molecule has 4 rings (SSSR count). The minimum Gasteiger partial charge on any atom is -0.461 e. The largest absolute Gasteiger partial charge is 0.461 e. The molecule has 0 aromatic carbocycles.